The van der Waals surface area contributed by atoms with Crippen molar-refractivity contribution in [2.75, 3.05) is 5.73 Å². The van der Waals surface area contributed by atoms with Crippen LogP contribution in [0.15, 0.2) is 51.2 Å². The molecule has 0 bridgehead atoms. The minimum Gasteiger partial charge on any atom is -0.431 e. The highest BCUT2D eigenvalue weighted by molar-refractivity contribution is 7.99. The van der Waals surface area contributed by atoms with E-state index < -0.39 is 0 Å². The smallest absolute Gasteiger partial charge is 0.263 e. The molecule has 3 aromatic rings. The van der Waals surface area contributed by atoms with Crippen molar-refractivity contribution in [3.8, 4) is 6.07 Å². The van der Waals surface area contributed by atoms with E-state index in [1.54, 1.807) is 36.5 Å². The molecule has 2 heterocycles. The average molecular weight is 268 g/mol. The Morgan fingerprint density at radius 2 is 2.16 bits per heavy atom. The molecule has 6 heteroatoms. The molecule has 0 radical (unpaired) electrons. The lowest BCUT2D eigenvalue weighted by atomic mass is 10.3. The van der Waals surface area contributed by atoms with Gasteiger partial charge in [0.1, 0.15) is 10.5 Å². The Morgan fingerprint density at radius 1 is 1.26 bits per heavy atom. The largest absolute Gasteiger partial charge is 0.431 e. The van der Waals surface area contributed by atoms with E-state index in [-0.39, 0.29) is 0 Å². The number of anilines is 1. The molecule has 0 unspecified atom stereocenters. The maximum absolute atomic E-state index is 8.83. The molecule has 0 aliphatic rings. The molecule has 0 fully saturated rings. The van der Waals surface area contributed by atoms with Crippen LogP contribution in [0.4, 0.5) is 5.69 Å². The molecule has 0 amide bonds. The molecule has 5 nitrogen and oxygen atoms in total. The molecule has 3 rings (SSSR count). The van der Waals surface area contributed by atoms with Gasteiger partial charge in [-0.2, -0.15) is 5.26 Å². The fourth-order valence-corrected chi connectivity index (χ4v) is 2.34. The van der Waals surface area contributed by atoms with Crippen LogP contribution in [0.1, 0.15) is 5.56 Å². The zero-order valence-electron chi connectivity index (χ0n) is 9.70. The molecule has 0 aliphatic carbocycles. The molecule has 0 aliphatic heterocycles. The third-order valence-corrected chi connectivity index (χ3v) is 3.23. The van der Waals surface area contributed by atoms with Crippen molar-refractivity contribution in [1.82, 2.24) is 9.97 Å². The predicted octanol–water partition coefficient (Wildman–Crippen LogP) is 2.83. The number of nitrogens with zero attached hydrogens (tertiary/aromatic N) is 3. The summed E-state index contributed by atoms with van der Waals surface area (Å²) >= 11 is 1.27. The number of hydrogen-bond acceptors (Lipinski definition) is 6. The molecule has 0 atom stereocenters. The number of pyridine rings is 1. The summed E-state index contributed by atoms with van der Waals surface area (Å²) in [5.41, 5.74) is 8.25. The van der Waals surface area contributed by atoms with Crippen LogP contribution in [0.2, 0.25) is 0 Å². The molecular formula is C13H8N4OS. The minimum absolute atomic E-state index is 0.475. The van der Waals surface area contributed by atoms with Crippen molar-refractivity contribution < 1.29 is 4.42 Å². The Morgan fingerprint density at radius 3 is 3.00 bits per heavy atom. The summed E-state index contributed by atoms with van der Waals surface area (Å²) in [6.07, 6.45) is 1.58. The number of nitrogen functional groups attached to an aromatic ring is 1. The van der Waals surface area contributed by atoms with Crippen molar-refractivity contribution in [2.24, 2.45) is 0 Å². The Bertz CT molecular complexity index is 791. The van der Waals surface area contributed by atoms with Gasteiger partial charge in [0.05, 0.1) is 11.6 Å². The maximum atomic E-state index is 8.83. The third kappa shape index (κ3) is 2.37. The number of rotatable bonds is 2. The monoisotopic (exact) mass is 268 g/mol. The van der Waals surface area contributed by atoms with E-state index in [2.05, 4.69) is 16.0 Å². The Labute approximate surface area is 113 Å². The minimum atomic E-state index is 0.475. The van der Waals surface area contributed by atoms with Crippen LogP contribution >= 0.6 is 11.8 Å². The SMILES string of the molecule is N#Cc1ccnc(Sc2nc3ccc(N)cc3o2)c1. The number of oxazole rings is 1. The van der Waals surface area contributed by atoms with E-state index >= 15 is 0 Å². The van der Waals surface area contributed by atoms with Gasteiger partial charge in [-0.25, -0.2) is 9.97 Å². The lowest BCUT2D eigenvalue weighted by Crippen LogP contribution is -1.82. The molecule has 0 spiro atoms. The third-order valence-electron chi connectivity index (χ3n) is 2.45. The normalized spacial score (nSPS) is 10.5. The lowest BCUT2D eigenvalue weighted by Gasteiger charge is -1.95. The summed E-state index contributed by atoms with van der Waals surface area (Å²) < 4.78 is 5.58. The first-order chi connectivity index (χ1) is 9.24. The van der Waals surface area contributed by atoms with Crippen molar-refractivity contribution in [2.45, 2.75) is 10.2 Å². The molecule has 0 saturated carbocycles. The van der Waals surface area contributed by atoms with E-state index in [1.165, 1.54) is 11.8 Å². The van der Waals surface area contributed by atoms with Crippen LogP contribution in [0.5, 0.6) is 0 Å². The number of nitrogens with two attached hydrogens (primary N) is 1. The van der Waals surface area contributed by atoms with Crippen LogP contribution in [0.3, 0.4) is 0 Å². The number of hydrogen-bond donors (Lipinski definition) is 1. The Balaban J connectivity index is 1.94. The van der Waals surface area contributed by atoms with Gasteiger partial charge in [0.15, 0.2) is 5.58 Å². The Kier molecular flexibility index (Phi) is 2.82. The van der Waals surface area contributed by atoms with Gasteiger partial charge in [0.2, 0.25) is 0 Å². The van der Waals surface area contributed by atoms with Gasteiger partial charge < -0.3 is 10.2 Å². The molecule has 92 valence electrons. The van der Waals surface area contributed by atoms with Gasteiger partial charge in [-0.3, -0.25) is 0 Å². The average Bonchev–Trinajstić information content (AvgIpc) is 2.80. The fourth-order valence-electron chi connectivity index (χ4n) is 1.59. The first-order valence-electron chi connectivity index (χ1n) is 5.45. The molecule has 2 aromatic heterocycles. The van der Waals surface area contributed by atoms with E-state index in [1.807, 2.05) is 0 Å². The summed E-state index contributed by atoms with van der Waals surface area (Å²) in [5, 5.41) is 9.97. The quantitative estimate of drug-likeness (QED) is 0.719. The number of aromatic nitrogens is 2. The first-order valence-corrected chi connectivity index (χ1v) is 6.26. The van der Waals surface area contributed by atoms with E-state index in [9.17, 15) is 0 Å². The van der Waals surface area contributed by atoms with Crippen LogP contribution in [0.25, 0.3) is 11.1 Å². The van der Waals surface area contributed by atoms with Gasteiger partial charge in [-0.15, -0.1) is 0 Å². The zero-order valence-corrected chi connectivity index (χ0v) is 10.5. The summed E-state index contributed by atoms with van der Waals surface area (Å²) in [4.78, 5) is 8.48. The second-order valence-electron chi connectivity index (χ2n) is 3.80. The van der Waals surface area contributed by atoms with Gasteiger partial charge in [0.25, 0.3) is 5.22 Å². The standard InChI is InChI=1S/C13H8N4OS/c14-7-8-3-4-16-12(5-8)19-13-17-10-2-1-9(15)6-11(10)18-13/h1-6H,15H2. The predicted molar refractivity (Wildman–Crippen MR) is 71.5 cm³/mol. The first kappa shape index (κ1) is 11.6. The highest BCUT2D eigenvalue weighted by Gasteiger charge is 2.09. The maximum Gasteiger partial charge on any atom is 0.263 e. The summed E-state index contributed by atoms with van der Waals surface area (Å²) in [6, 6.07) is 10.7. The highest BCUT2D eigenvalue weighted by Crippen LogP contribution is 2.29. The van der Waals surface area contributed by atoms with Gasteiger partial charge >= 0.3 is 0 Å². The lowest BCUT2D eigenvalue weighted by molar-refractivity contribution is 0.489. The fraction of sp³-hybridized carbons (Fsp3) is 0. The molecule has 19 heavy (non-hydrogen) atoms. The van der Waals surface area contributed by atoms with Crippen LogP contribution in [-0.2, 0) is 0 Å². The van der Waals surface area contributed by atoms with Crippen molar-refractivity contribution in [3.63, 3.8) is 0 Å². The van der Waals surface area contributed by atoms with Crippen LogP contribution < -0.4 is 5.73 Å². The summed E-state index contributed by atoms with van der Waals surface area (Å²) in [5.74, 6) is 0. The summed E-state index contributed by atoms with van der Waals surface area (Å²) in [7, 11) is 0. The molecule has 2 N–H and O–H groups in total. The highest BCUT2D eigenvalue weighted by atomic mass is 32.2. The van der Waals surface area contributed by atoms with E-state index in [0.29, 0.717) is 27.1 Å². The topological polar surface area (TPSA) is 88.7 Å². The number of nitriles is 1. The van der Waals surface area contributed by atoms with E-state index in [0.717, 1.165) is 5.52 Å². The molecule has 1 aromatic carbocycles. The van der Waals surface area contributed by atoms with Crippen LogP contribution in [-0.4, -0.2) is 9.97 Å². The van der Waals surface area contributed by atoms with Crippen molar-refractivity contribution in [1.29, 1.82) is 5.26 Å². The van der Waals surface area contributed by atoms with Gasteiger partial charge in [-0.05, 0) is 36.0 Å². The van der Waals surface area contributed by atoms with Gasteiger partial charge in [-0.1, -0.05) is 0 Å². The number of fused-ring (bicyclic) bond motifs is 1. The molecule has 0 saturated heterocycles. The summed E-state index contributed by atoms with van der Waals surface area (Å²) in [6.45, 7) is 0. The van der Waals surface area contributed by atoms with Crippen molar-refractivity contribution in [3.05, 3.63) is 42.1 Å². The van der Waals surface area contributed by atoms with E-state index in [4.69, 9.17) is 15.4 Å². The van der Waals surface area contributed by atoms with Crippen molar-refractivity contribution >= 4 is 28.5 Å². The Hall–Kier alpha value is -2.52. The van der Waals surface area contributed by atoms with Gasteiger partial charge in [0, 0.05) is 18.0 Å². The second-order valence-corrected chi connectivity index (χ2v) is 4.78. The molecular weight excluding hydrogens is 260 g/mol. The van der Waals surface area contributed by atoms with Crippen LogP contribution in [0, 0.1) is 11.3 Å². The second kappa shape index (κ2) is 4.63. The zero-order chi connectivity index (χ0) is 13.2. The number of benzene rings is 1.